The van der Waals surface area contributed by atoms with Crippen LogP contribution in [0.4, 0.5) is 10.9 Å². The van der Waals surface area contributed by atoms with Gasteiger partial charge in [-0.2, -0.15) is 0 Å². The largest absolute Gasteiger partial charge is 0.377 e. The molecule has 0 radical (unpaired) electrons. The highest BCUT2D eigenvalue weighted by atomic mass is 32.1. The SMILES string of the molecule is CCOCc1ccc(C(=O)N2CCO[C@H](c3cccc(Nc4nncs4)n3)C2)cc1. The summed E-state index contributed by atoms with van der Waals surface area (Å²) in [7, 11) is 0. The second kappa shape index (κ2) is 9.75. The summed E-state index contributed by atoms with van der Waals surface area (Å²) in [5, 5.41) is 11.6. The number of pyridine rings is 1. The van der Waals surface area contributed by atoms with E-state index in [-0.39, 0.29) is 12.0 Å². The van der Waals surface area contributed by atoms with E-state index in [9.17, 15) is 4.79 Å². The van der Waals surface area contributed by atoms with Crippen molar-refractivity contribution in [1.29, 1.82) is 0 Å². The molecule has 1 aliphatic heterocycles. The molecule has 1 N–H and O–H groups in total. The number of hydrogen-bond acceptors (Lipinski definition) is 8. The van der Waals surface area contributed by atoms with Crippen LogP contribution in [0, 0.1) is 0 Å². The third-order valence-corrected chi connectivity index (χ3v) is 5.33. The van der Waals surface area contributed by atoms with Gasteiger partial charge in [0.05, 0.1) is 25.5 Å². The molecule has 1 saturated heterocycles. The highest BCUT2D eigenvalue weighted by molar-refractivity contribution is 7.13. The lowest BCUT2D eigenvalue weighted by molar-refractivity contribution is -0.0246. The average molecular weight is 426 g/mol. The molecule has 9 heteroatoms. The maximum Gasteiger partial charge on any atom is 0.254 e. The Morgan fingerprint density at radius 3 is 2.93 bits per heavy atom. The molecule has 1 atom stereocenters. The number of rotatable bonds is 7. The Kier molecular flexibility index (Phi) is 6.63. The first-order chi connectivity index (χ1) is 14.7. The number of aromatic nitrogens is 3. The van der Waals surface area contributed by atoms with E-state index in [1.807, 2.05) is 54.3 Å². The summed E-state index contributed by atoms with van der Waals surface area (Å²) in [6, 6.07) is 13.3. The van der Waals surface area contributed by atoms with Gasteiger partial charge < -0.3 is 19.7 Å². The molecule has 30 heavy (non-hydrogen) atoms. The maximum atomic E-state index is 13.0. The van der Waals surface area contributed by atoms with Crippen molar-refractivity contribution >= 4 is 28.2 Å². The average Bonchev–Trinajstić information content (AvgIpc) is 3.31. The number of anilines is 2. The second-order valence-corrected chi connectivity index (χ2v) is 7.59. The molecule has 0 spiro atoms. The van der Waals surface area contributed by atoms with Crippen LogP contribution in [-0.2, 0) is 16.1 Å². The minimum Gasteiger partial charge on any atom is -0.377 e. The van der Waals surface area contributed by atoms with E-state index in [4.69, 9.17) is 9.47 Å². The van der Waals surface area contributed by atoms with Gasteiger partial charge in [-0.1, -0.05) is 29.5 Å². The van der Waals surface area contributed by atoms with Crippen LogP contribution >= 0.6 is 11.3 Å². The van der Waals surface area contributed by atoms with Crippen molar-refractivity contribution in [1.82, 2.24) is 20.1 Å². The van der Waals surface area contributed by atoms with Crippen molar-refractivity contribution < 1.29 is 14.3 Å². The molecule has 0 unspecified atom stereocenters. The van der Waals surface area contributed by atoms with Gasteiger partial charge in [0.1, 0.15) is 17.4 Å². The molecule has 3 heterocycles. The van der Waals surface area contributed by atoms with Gasteiger partial charge in [-0.05, 0) is 36.8 Å². The molecule has 1 amide bonds. The summed E-state index contributed by atoms with van der Waals surface area (Å²) in [5.74, 6) is 0.663. The summed E-state index contributed by atoms with van der Waals surface area (Å²) < 4.78 is 11.3. The van der Waals surface area contributed by atoms with Crippen molar-refractivity contribution in [2.45, 2.75) is 19.6 Å². The maximum absolute atomic E-state index is 13.0. The molecule has 8 nitrogen and oxygen atoms in total. The lowest BCUT2D eigenvalue weighted by atomic mass is 10.1. The standard InChI is InChI=1S/C21H23N5O3S/c1-2-28-13-15-6-8-16(9-7-15)20(27)26-10-11-29-18(12-26)17-4-3-5-19(23-17)24-21-25-22-14-30-21/h3-9,14,18H,2,10-13H2,1H3,(H,23,24,25)/t18-/m0/s1. The number of ether oxygens (including phenoxy) is 2. The Bertz CT molecular complexity index is 965. The number of carbonyl (C=O) groups excluding carboxylic acids is 1. The Labute approximate surface area is 178 Å². The van der Waals surface area contributed by atoms with Crippen LogP contribution < -0.4 is 5.32 Å². The van der Waals surface area contributed by atoms with Gasteiger partial charge in [-0.3, -0.25) is 4.79 Å². The van der Waals surface area contributed by atoms with Gasteiger partial charge in [-0.15, -0.1) is 10.2 Å². The normalized spacial score (nSPS) is 16.4. The van der Waals surface area contributed by atoms with Crippen molar-refractivity contribution in [2.75, 3.05) is 31.6 Å². The van der Waals surface area contributed by atoms with Crippen molar-refractivity contribution in [3.05, 3.63) is 64.8 Å². The molecule has 2 aromatic heterocycles. The van der Waals surface area contributed by atoms with E-state index in [0.29, 0.717) is 49.4 Å². The Morgan fingerprint density at radius 2 is 2.17 bits per heavy atom. The molecule has 1 aromatic carbocycles. The second-order valence-electron chi connectivity index (χ2n) is 6.76. The van der Waals surface area contributed by atoms with Crippen molar-refractivity contribution in [2.24, 2.45) is 0 Å². The number of morpholine rings is 1. The third-order valence-electron chi connectivity index (χ3n) is 4.72. The Balaban J connectivity index is 1.42. The van der Waals surface area contributed by atoms with Crippen LogP contribution in [0.25, 0.3) is 0 Å². The lowest BCUT2D eigenvalue weighted by Crippen LogP contribution is -2.42. The fraction of sp³-hybridized carbons (Fsp3) is 0.333. The van der Waals surface area contributed by atoms with Gasteiger partial charge in [0, 0.05) is 18.7 Å². The van der Waals surface area contributed by atoms with Crippen LogP contribution in [-0.4, -0.2) is 52.3 Å². The van der Waals surface area contributed by atoms with E-state index < -0.39 is 0 Å². The van der Waals surface area contributed by atoms with Crippen LogP contribution in [0.15, 0.2) is 48.0 Å². The fourth-order valence-corrected chi connectivity index (χ4v) is 3.65. The third kappa shape index (κ3) is 4.99. The molecule has 0 saturated carbocycles. The number of nitrogens with one attached hydrogen (secondary N) is 1. The van der Waals surface area contributed by atoms with Crippen molar-refractivity contribution in [3.63, 3.8) is 0 Å². The lowest BCUT2D eigenvalue weighted by Gasteiger charge is -2.33. The number of carbonyl (C=O) groups is 1. The molecular formula is C21H23N5O3S. The number of nitrogens with zero attached hydrogens (tertiary/aromatic N) is 4. The number of hydrogen-bond donors (Lipinski definition) is 1. The zero-order chi connectivity index (χ0) is 20.8. The van der Waals surface area contributed by atoms with Gasteiger partial charge in [0.2, 0.25) is 5.13 Å². The van der Waals surface area contributed by atoms with Gasteiger partial charge in [-0.25, -0.2) is 4.98 Å². The predicted octanol–water partition coefficient (Wildman–Crippen LogP) is 3.43. The van der Waals surface area contributed by atoms with Crippen molar-refractivity contribution in [3.8, 4) is 0 Å². The predicted molar refractivity (Wildman–Crippen MR) is 114 cm³/mol. The quantitative estimate of drug-likeness (QED) is 0.620. The van der Waals surface area contributed by atoms with E-state index in [1.165, 1.54) is 11.3 Å². The first-order valence-electron chi connectivity index (χ1n) is 9.80. The highest BCUT2D eigenvalue weighted by Crippen LogP contribution is 2.24. The zero-order valence-corrected chi connectivity index (χ0v) is 17.5. The first kappa shape index (κ1) is 20.4. The van der Waals surface area contributed by atoms with E-state index in [0.717, 1.165) is 11.3 Å². The summed E-state index contributed by atoms with van der Waals surface area (Å²) >= 11 is 1.40. The van der Waals surface area contributed by atoms with Crippen LogP contribution in [0.2, 0.25) is 0 Å². The van der Waals surface area contributed by atoms with Crippen LogP contribution in [0.5, 0.6) is 0 Å². The molecule has 156 valence electrons. The zero-order valence-electron chi connectivity index (χ0n) is 16.7. The first-order valence-corrected chi connectivity index (χ1v) is 10.7. The van der Waals surface area contributed by atoms with Gasteiger partial charge >= 0.3 is 0 Å². The monoisotopic (exact) mass is 425 g/mol. The highest BCUT2D eigenvalue weighted by Gasteiger charge is 2.27. The summed E-state index contributed by atoms with van der Waals surface area (Å²) in [5.41, 5.74) is 4.14. The summed E-state index contributed by atoms with van der Waals surface area (Å²) in [4.78, 5) is 19.4. The molecule has 0 bridgehead atoms. The fourth-order valence-electron chi connectivity index (χ4n) is 3.20. The number of amides is 1. The van der Waals surface area contributed by atoms with Gasteiger partial charge in [0.15, 0.2) is 0 Å². The van der Waals surface area contributed by atoms with Crippen LogP contribution in [0.1, 0.15) is 34.6 Å². The molecule has 1 aliphatic rings. The summed E-state index contributed by atoms with van der Waals surface area (Å²) in [6.45, 7) is 4.66. The van der Waals surface area contributed by atoms with Crippen LogP contribution in [0.3, 0.4) is 0 Å². The van der Waals surface area contributed by atoms with E-state index in [1.54, 1.807) is 5.51 Å². The molecule has 3 aromatic rings. The van der Waals surface area contributed by atoms with E-state index >= 15 is 0 Å². The molecule has 0 aliphatic carbocycles. The Hall–Kier alpha value is -2.88. The summed E-state index contributed by atoms with van der Waals surface area (Å²) in [6.07, 6.45) is -0.281. The molecule has 1 fully saturated rings. The number of benzene rings is 1. The molecular weight excluding hydrogens is 402 g/mol. The smallest absolute Gasteiger partial charge is 0.254 e. The topological polar surface area (TPSA) is 89.5 Å². The minimum atomic E-state index is -0.281. The minimum absolute atomic E-state index is 0.00519. The Morgan fingerprint density at radius 1 is 1.30 bits per heavy atom. The molecule has 4 rings (SSSR count). The van der Waals surface area contributed by atoms with Gasteiger partial charge in [0.25, 0.3) is 5.91 Å². The van der Waals surface area contributed by atoms with E-state index in [2.05, 4.69) is 20.5 Å².